The first kappa shape index (κ1) is 20.1. The minimum absolute atomic E-state index is 0.0702. The van der Waals surface area contributed by atoms with Crippen molar-refractivity contribution in [2.45, 2.75) is 11.5 Å². The summed E-state index contributed by atoms with van der Waals surface area (Å²) in [5.41, 5.74) is 2.16. The summed E-state index contributed by atoms with van der Waals surface area (Å²) in [6, 6.07) is 14.6. The van der Waals surface area contributed by atoms with Crippen LogP contribution in [-0.4, -0.2) is 26.9 Å². The number of anilines is 1. The second-order valence-electron chi connectivity index (χ2n) is 6.44. The molecule has 10 heteroatoms. The van der Waals surface area contributed by atoms with Gasteiger partial charge in [0.25, 0.3) is 5.91 Å². The molecule has 154 valence electrons. The normalized spacial score (nSPS) is 12.3. The first-order chi connectivity index (χ1) is 14.3. The third-order valence-electron chi connectivity index (χ3n) is 4.33. The largest absolute Gasteiger partial charge is 0.488 e. The molecule has 2 heterocycles. The number of rotatable bonds is 5. The topological polar surface area (TPSA) is 125 Å². The van der Waals surface area contributed by atoms with Gasteiger partial charge < -0.3 is 14.8 Å². The van der Waals surface area contributed by atoms with Crippen LogP contribution in [0.3, 0.4) is 0 Å². The Morgan fingerprint density at radius 2 is 1.87 bits per heavy atom. The van der Waals surface area contributed by atoms with E-state index in [0.29, 0.717) is 17.2 Å². The van der Waals surface area contributed by atoms with Gasteiger partial charge in [-0.25, -0.2) is 18.4 Å². The molecule has 0 saturated heterocycles. The van der Waals surface area contributed by atoms with Gasteiger partial charge in [-0.05, 0) is 42.5 Å². The van der Waals surface area contributed by atoms with Crippen molar-refractivity contribution in [2.75, 3.05) is 11.9 Å². The van der Waals surface area contributed by atoms with E-state index in [4.69, 9.17) is 14.6 Å². The monoisotopic (exact) mass is 444 g/mol. The second kappa shape index (κ2) is 7.90. The van der Waals surface area contributed by atoms with Crippen LogP contribution >= 0.6 is 11.3 Å². The molecule has 3 N–H and O–H groups in total. The Bertz CT molecular complexity index is 1230. The Balaban J connectivity index is 1.37. The Kier molecular flexibility index (Phi) is 5.29. The summed E-state index contributed by atoms with van der Waals surface area (Å²) < 4.78 is 33.3. The van der Waals surface area contributed by atoms with E-state index in [0.717, 1.165) is 21.8 Å². The number of carbonyl (C=O) groups excluding carboxylic acids is 2. The molecule has 0 fully saturated rings. The minimum atomic E-state index is -3.81. The average Bonchev–Trinajstić information content (AvgIpc) is 3.17. The van der Waals surface area contributed by atoms with Crippen LogP contribution in [0.5, 0.6) is 5.75 Å². The maximum absolute atomic E-state index is 12.4. The van der Waals surface area contributed by atoms with Gasteiger partial charge in [0.2, 0.25) is 10.0 Å². The molecule has 3 aromatic rings. The maximum atomic E-state index is 12.4. The lowest BCUT2D eigenvalue weighted by Crippen LogP contribution is -2.20. The van der Waals surface area contributed by atoms with Gasteiger partial charge in [-0.3, -0.25) is 4.79 Å². The molecule has 1 aromatic heterocycles. The molecule has 0 saturated carbocycles. The van der Waals surface area contributed by atoms with Crippen molar-refractivity contribution in [1.82, 2.24) is 0 Å². The molecule has 1 aliphatic heterocycles. The number of amides is 1. The molecule has 30 heavy (non-hydrogen) atoms. The quantitative estimate of drug-likeness (QED) is 0.583. The number of benzene rings is 2. The Morgan fingerprint density at radius 1 is 1.13 bits per heavy atom. The zero-order chi connectivity index (χ0) is 21.3. The van der Waals surface area contributed by atoms with E-state index in [-0.39, 0.29) is 4.90 Å². The fraction of sp³-hybridized carbons (Fsp3) is 0.100. The summed E-state index contributed by atoms with van der Waals surface area (Å²) in [6.07, 6.45) is 0. The fourth-order valence-corrected chi connectivity index (χ4v) is 4.53. The van der Waals surface area contributed by atoms with Crippen molar-refractivity contribution >= 4 is 38.9 Å². The standard InChI is InChI=1S/C20H16N2O6S2/c21-30(25,26)14-7-5-13(6-8-14)22-18(23)11-28-20(24)17-9-12-10-27-16-4-2-1-3-15(16)19(12)29-17/h1-9H,10-11H2,(H,22,23)(H2,21,25,26). The molecule has 0 unspecified atom stereocenters. The third kappa shape index (κ3) is 4.20. The lowest BCUT2D eigenvalue weighted by molar-refractivity contribution is -0.119. The highest BCUT2D eigenvalue weighted by Gasteiger charge is 2.23. The number of ether oxygens (including phenoxy) is 2. The van der Waals surface area contributed by atoms with Gasteiger partial charge in [-0.15, -0.1) is 11.3 Å². The van der Waals surface area contributed by atoms with E-state index < -0.39 is 28.5 Å². The number of carbonyl (C=O) groups is 2. The number of primary sulfonamides is 1. The van der Waals surface area contributed by atoms with Gasteiger partial charge in [0, 0.05) is 21.7 Å². The molecule has 4 rings (SSSR count). The summed E-state index contributed by atoms with van der Waals surface area (Å²) >= 11 is 1.29. The first-order valence-electron chi connectivity index (χ1n) is 8.76. The zero-order valence-electron chi connectivity index (χ0n) is 15.5. The summed E-state index contributed by atoms with van der Waals surface area (Å²) in [7, 11) is -3.81. The van der Waals surface area contributed by atoms with Crippen molar-refractivity contribution in [3.8, 4) is 16.2 Å². The maximum Gasteiger partial charge on any atom is 0.348 e. The second-order valence-corrected chi connectivity index (χ2v) is 9.06. The predicted molar refractivity (Wildman–Crippen MR) is 111 cm³/mol. The molecule has 8 nitrogen and oxygen atoms in total. The molecule has 1 amide bonds. The summed E-state index contributed by atoms with van der Waals surface area (Å²) in [4.78, 5) is 25.7. The number of para-hydroxylation sites is 1. The van der Waals surface area contributed by atoms with E-state index in [9.17, 15) is 18.0 Å². The van der Waals surface area contributed by atoms with Gasteiger partial charge >= 0.3 is 5.97 Å². The van der Waals surface area contributed by atoms with Crippen LogP contribution in [0.15, 0.2) is 59.5 Å². The Hall–Kier alpha value is -3.21. The molecule has 0 bridgehead atoms. The van der Waals surface area contributed by atoms with Crippen LogP contribution in [0.2, 0.25) is 0 Å². The van der Waals surface area contributed by atoms with Crippen LogP contribution in [0.1, 0.15) is 15.2 Å². The highest BCUT2D eigenvalue weighted by Crippen LogP contribution is 2.42. The van der Waals surface area contributed by atoms with Crippen LogP contribution < -0.4 is 15.2 Å². The van der Waals surface area contributed by atoms with Gasteiger partial charge in [-0.1, -0.05) is 12.1 Å². The molecule has 0 aliphatic carbocycles. The number of nitrogens with two attached hydrogens (primary N) is 1. The Labute approximate surface area is 176 Å². The van der Waals surface area contributed by atoms with Crippen molar-refractivity contribution in [3.05, 3.63) is 65.0 Å². The number of sulfonamides is 1. The van der Waals surface area contributed by atoms with Crippen LogP contribution in [-0.2, 0) is 26.2 Å². The van der Waals surface area contributed by atoms with E-state index >= 15 is 0 Å². The summed E-state index contributed by atoms with van der Waals surface area (Å²) in [5, 5.41) is 7.55. The van der Waals surface area contributed by atoms with Crippen LogP contribution in [0, 0.1) is 0 Å². The smallest absolute Gasteiger partial charge is 0.348 e. The van der Waals surface area contributed by atoms with E-state index in [2.05, 4.69) is 5.32 Å². The van der Waals surface area contributed by atoms with Crippen molar-refractivity contribution < 1.29 is 27.5 Å². The summed E-state index contributed by atoms with van der Waals surface area (Å²) in [5.74, 6) is -0.395. The first-order valence-corrected chi connectivity index (χ1v) is 11.1. The fourth-order valence-electron chi connectivity index (χ4n) is 2.93. The number of esters is 1. The van der Waals surface area contributed by atoms with Gasteiger partial charge in [0.1, 0.15) is 17.2 Å². The molecule has 0 atom stereocenters. The van der Waals surface area contributed by atoms with E-state index in [1.165, 1.54) is 35.6 Å². The van der Waals surface area contributed by atoms with Gasteiger partial charge in [0.15, 0.2) is 6.61 Å². The third-order valence-corrected chi connectivity index (χ3v) is 6.45. The van der Waals surface area contributed by atoms with E-state index in [1.54, 1.807) is 6.07 Å². The number of nitrogens with one attached hydrogen (secondary N) is 1. The van der Waals surface area contributed by atoms with Crippen molar-refractivity contribution in [1.29, 1.82) is 0 Å². The number of thiophene rings is 1. The zero-order valence-corrected chi connectivity index (χ0v) is 17.1. The minimum Gasteiger partial charge on any atom is -0.488 e. The average molecular weight is 444 g/mol. The van der Waals surface area contributed by atoms with Crippen molar-refractivity contribution in [2.24, 2.45) is 5.14 Å². The van der Waals surface area contributed by atoms with Gasteiger partial charge in [0.05, 0.1) is 4.90 Å². The number of hydrogen-bond acceptors (Lipinski definition) is 7. The lowest BCUT2D eigenvalue weighted by atomic mass is 10.1. The highest BCUT2D eigenvalue weighted by molar-refractivity contribution is 7.89. The van der Waals surface area contributed by atoms with Gasteiger partial charge in [-0.2, -0.15) is 0 Å². The molecular formula is C20H16N2O6S2. The molecular weight excluding hydrogens is 428 g/mol. The number of fused-ring (bicyclic) bond motifs is 3. The van der Waals surface area contributed by atoms with Crippen molar-refractivity contribution in [3.63, 3.8) is 0 Å². The molecule has 0 spiro atoms. The van der Waals surface area contributed by atoms with E-state index in [1.807, 2.05) is 24.3 Å². The molecule has 2 aromatic carbocycles. The van der Waals surface area contributed by atoms with Crippen LogP contribution in [0.4, 0.5) is 5.69 Å². The molecule has 1 aliphatic rings. The lowest BCUT2D eigenvalue weighted by Gasteiger charge is -2.16. The number of hydrogen-bond donors (Lipinski definition) is 2. The molecule has 0 radical (unpaired) electrons. The Morgan fingerprint density at radius 3 is 2.60 bits per heavy atom. The van der Waals surface area contributed by atoms with Crippen LogP contribution in [0.25, 0.3) is 10.4 Å². The highest BCUT2D eigenvalue weighted by atomic mass is 32.2. The predicted octanol–water partition coefficient (Wildman–Crippen LogP) is 2.75. The summed E-state index contributed by atoms with van der Waals surface area (Å²) in [6.45, 7) is -0.115. The SMILES string of the molecule is NS(=O)(=O)c1ccc(NC(=O)COC(=O)c2cc3c(s2)-c2ccccc2OC3)cc1.